The Balaban J connectivity index is 2.33. The highest BCUT2D eigenvalue weighted by Gasteiger charge is 2.14. The van der Waals surface area contributed by atoms with E-state index in [4.69, 9.17) is 11.5 Å². The van der Waals surface area contributed by atoms with E-state index in [9.17, 15) is 9.59 Å². The van der Waals surface area contributed by atoms with Gasteiger partial charge < -0.3 is 21.3 Å². The summed E-state index contributed by atoms with van der Waals surface area (Å²) in [5.74, 6) is -0.795. The zero-order valence-corrected chi connectivity index (χ0v) is 7.14. The highest BCUT2D eigenvalue weighted by molar-refractivity contribution is 5.77. The molecule has 13 heavy (non-hydrogen) atoms. The van der Waals surface area contributed by atoms with Crippen LogP contribution < -0.4 is 11.5 Å². The number of carbonyl (C=O) groups is 2. The van der Waals surface area contributed by atoms with Crippen LogP contribution in [0, 0.1) is 0 Å². The zero-order valence-electron chi connectivity index (χ0n) is 7.14. The first-order chi connectivity index (χ1) is 6.08. The summed E-state index contributed by atoms with van der Waals surface area (Å²) < 4.78 is 0. The van der Waals surface area contributed by atoms with Gasteiger partial charge in [-0.25, -0.2) is 0 Å². The quantitative estimate of drug-likeness (QED) is 0.528. The topological polar surface area (TPSA) is 92.7 Å². The molecule has 0 aromatic heterocycles. The second kappa shape index (κ2) is 3.79. The van der Waals surface area contributed by atoms with E-state index < -0.39 is 11.8 Å². The molecule has 0 saturated heterocycles. The summed E-state index contributed by atoms with van der Waals surface area (Å²) in [4.78, 5) is 24.4. The van der Waals surface area contributed by atoms with Crippen molar-refractivity contribution in [2.24, 2.45) is 11.5 Å². The van der Waals surface area contributed by atoms with Gasteiger partial charge in [-0.05, 0) is 0 Å². The summed E-state index contributed by atoms with van der Waals surface area (Å²) in [5.41, 5.74) is 9.99. The Morgan fingerprint density at radius 1 is 1.08 bits per heavy atom. The highest BCUT2D eigenvalue weighted by Crippen LogP contribution is 2.04. The van der Waals surface area contributed by atoms with Gasteiger partial charge in [0.1, 0.15) is 0 Å². The minimum absolute atomic E-state index is 0.158. The lowest BCUT2D eigenvalue weighted by atomic mass is 10.5. The Morgan fingerprint density at radius 3 is 1.77 bits per heavy atom. The molecule has 0 aliphatic carbocycles. The molecule has 0 aromatic carbocycles. The van der Waals surface area contributed by atoms with Gasteiger partial charge in [0.15, 0.2) is 0 Å². The van der Waals surface area contributed by atoms with E-state index in [2.05, 4.69) is 0 Å². The minimum atomic E-state index is -0.398. The van der Waals surface area contributed by atoms with Crippen molar-refractivity contribution in [1.82, 2.24) is 9.80 Å². The van der Waals surface area contributed by atoms with Crippen LogP contribution in [0.2, 0.25) is 0 Å². The minimum Gasteiger partial charge on any atom is -0.368 e. The molecule has 0 bridgehead atoms. The molecule has 0 unspecified atom stereocenters. The third-order valence-electron chi connectivity index (χ3n) is 1.57. The fourth-order valence-corrected chi connectivity index (χ4v) is 1.12. The molecule has 1 aliphatic rings. The molecule has 0 atom stereocenters. The Labute approximate surface area is 75.8 Å². The van der Waals surface area contributed by atoms with Gasteiger partial charge in [0, 0.05) is 12.4 Å². The average Bonchev–Trinajstić information content (AvgIpc) is 2.33. The van der Waals surface area contributed by atoms with Crippen molar-refractivity contribution in [3.8, 4) is 0 Å². The zero-order chi connectivity index (χ0) is 9.84. The van der Waals surface area contributed by atoms with Gasteiger partial charge in [-0.15, -0.1) is 0 Å². The van der Waals surface area contributed by atoms with E-state index in [1.54, 1.807) is 22.2 Å². The number of carbonyl (C=O) groups excluding carboxylic acids is 2. The molecule has 2 amide bonds. The fraction of sp³-hybridized carbons (Fsp3) is 0.429. The molecule has 0 radical (unpaired) electrons. The first-order valence-corrected chi connectivity index (χ1v) is 3.81. The van der Waals surface area contributed by atoms with Crippen molar-refractivity contribution in [3.05, 3.63) is 12.4 Å². The van der Waals surface area contributed by atoms with Crippen molar-refractivity contribution in [2.75, 3.05) is 19.8 Å². The summed E-state index contributed by atoms with van der Waals surface area (Å²) in [6.45, 7) is 0.795. The lowest BCUT2D eigenvalue weighted by molar-refractivity contribution is -0.118. The van der Waals surface area contributed by atoms with Crippen LogP contribution in [0.25, 0.3) is 0 Å². The Morgan fingerprint density at radius 2 is 1.46 bits per heavy atom. The van der Waals surface area contributed by atoms with Crippen LogP contribution in [0.1, 0.15) is 0 Å². The molecule has 1 rings (SSSR count). The monoisotopic (exact) mass is 184 g/mol. The predicted molar refractivity (Wildman–Crippen MR) is 45.8 cm³/mol. The summed E-state index contributed by atoms with van der Waals surface area (Å²) in [7, 11) is 0. The van der Waals surface area contributed by atoms with Crippen LogP contribution in [-0.2, 0) is 9.59 Å². The maximum absolute atomic E-state index is 10.5. The molecule has 4 N–H and O–H groups in total. The number of rotatable bonds is 4. The van der Waals surface area contributed by atoms with Crippen LogP contribution in [0.15, 0.2) is 12.4 Å². The molecular formula is C7H12N4O2. The van der Waals surface area contributed by atoms with E-state index >= 15 is 0 Å². The Hall–Kier alpha value is -1.72. The fourth-order valence-electron chi connectivity index (χ4n) is 1.12. The third-order valence-corrected chi connectivity index (χ3v) is 1.57. The molecule has 72 valence electrons. The smallest absolute Gasteiger partial charge is 0.236 e. The van der Waals surface area contributed by atoms with E-state index in [0.29, 0.717) is 6.67 Å². The molecule has 6 nitrogen and oxygen atoms in total. The van der Waals surface area contributed by atoms with Gasteiger partial charge in [0.25, 0.3) is 0 Å². The first-order valence-electron chi connectivity index (χ1n) is 3.81. The number of primary amides is 2. The maximum atomic E-state index is 10.5. The standard InChI is InChI=1S/C7H12N4O2/c8-6(12)3-10-1-2-11(5-10)4-7(9)13/h1-2H,3-5H2,(H2,8,12)(H2,9,13). The predicted octanol–water partition coefficient (Wildman–Crippen LogP) is -2.00. The van der Waals surface area contributed by atoms with Crippen molar-refractivity contribution < 1.29 is 9.59 Å². The molecule has 1 heterocycles. The Bertz CT molecular complexity index is 227. The van der Waals surface area contributed by atoms with Crippen LogP contribution in [0.3, 0.4) is 0 Å². The molecule has 0 saturated carbocycles. The molecule has 0 aromatic rings. The number of nitrogens with two attached hydrogens (primary N) is 2. The van der Waals surface area contributed by atoms with E-state index in [1.807, 2.05) is 0 Å². The van der Waals surface area contributed by atoms with Crippen LogP contribution >= 0.6 is 0 Å². The lowest BCUT2D eigenvalue weighted by Gasteiger charge is -2.18. The van der Waals surface area contributed by atoms with Crippen molar-refractivity contribution in [2.45, 2.75) is 0 Å². The largest absolute Gasteiger partial charge is 0.368 e. The van der Waals surface area contributed by atoms with Crippen LogP contribution in [-0.4, -0.2) is 41.4 Å². The van der Waals surface area contributed by atoms with Crippen molar-refractivity contribution in [3.63, 3.8) is 0 Å². The second-order valence-electron chi connectivity index (χ2n) is 2.87. The van der Waals surface area contributed by atoms with Gasteiger partial charge in [0.2, 0.25) is 11.8 Å². The summed E-state index contributed by atoms with van der Waals surface area (Å²) in [5, 5.41) is 0. The Kier molecular flexibility index (Phi) is 2.73. The summed E-state index contributed by atoms with van der Waals surface area (Å²) in [6, 6.07) is 0. The molecule has 0 fully saturated rings. The second-order valence-corrected chi connectivity index (χ2v) is 2.87. The first kappa shape index (κ1) is 9.37. The van der Waals surface area contributed by atoms with Gasteiger partial charge in [0.05, 0.1) is 19.8 Å². The maximum Gasteiger partial charge on any atom is 0.236 e. The van der Waals surface area contributed by atoms with E-state index in [1.165, 1.54) is 0 Å². The van der Waals surface area contributed by atoms with Gasteiger partial charge in [-0.3, -0.25) is 9.59 Å². The average molecular weight is 184 g/mol. The van der Waals surface area contributed by atoms with Crippen LogP contribution in [0.5, 0.6) is 0 Å². The normalized spacial score (nSPS) is 15.1. The molecular weight excluding hydrogens is 172 g/mol. The highest BCUT2D eigenvalue weighted by atomic mass is 16.1. The van der Waals surface area contributed by atoms with Crippen molar-refractivity contribution in [1.29, 1.82) is 0 Å². The summed E-state index contributed by atoms with van der Waals surface area (Å²) in [6.07, 6.45) is 3.40. The van der Waals surface area contributed by atoms with Gasteiger partial charge in [-0.1, -0.05) is 0 Å². The molecule has 6 heteroatoms. The number of hydrogen-bond donors (Lipinski definition) is 2. The molecule has 0 spiro atoms. The SMILES string of the molecule is NC(=O)CN1C=CN(CC(N)=O)C1. The van der Waals surface area contributed by atoms with Crippen molar-refractivity contribution >= 4 is 11.8 Å². The van der Waals surface area contributed by atoms with Crippen LogP contribution in [0.4, 0.5) is 0 Å². The van der Waals surface area contributed by atoms with E-state index in [-0.39, 0.29) is 13.1 Å². The number of nitrogens with zero attached hydrogens (tertiary/aromatic N) is 2. The van der Waals surface area contributed by atoms with Gasteiger partial charge in [-0.2, -0.15) is 0 Å². The molecule has 1 aliphatic heterocycles. The van der Waals surface area contributed by atoms with Gasteiger partial charge >= 0.3 is 0 Å². The number of hydrogen-bond acceptors (Lipinski definition) is 4. The summed E-state index contributed by atoms with van der Waals surface area (Å²) >= 11 is 0. The third kappa shape index (κ3) is 3.02. The lowest BCUT2D eigenvalue weighted by Crippen LogP contribution is -2.36. The van der Waals surface area contributed by atoms with E-state index in [0.717, 1.165) is 0 Å². The number of amides is 2.